The van der Waals surface area contributed by atoms with Gasteiger partial charge in [-0.2, -0.15) is 0 Å². The zero-order valence-corrected chi connectivity index (χ0v) is 11.2. The van der Waals surface area contributed by atoms with Gasteiger partial charge in [-0.05, 0) is 49.1 Å². The van der Waals surface area contributed by atoms with Crippen molar-refractivity contribution >= 4 is 24.2 Å². The minimum Gasteiger partial charge on any atom is -0.459 e. The molecule has 1 aliphatic heterocycles. The normalized spacial score (nSPS) is 16.1. The van der Waals surface area contributed by atoms with Crippen LogP contribution in [0.3, 0.4) is 0 Å². The minimum atomic E-state index is -0.972. The molecule has 2 aromatic rings. The van der Waals surface area contributed by atoms with Crippen LogP contribution in [0.4, 0.5) is 5.69 Å². The molecular formula is C14H14BNO4. The molecule has 0 unspecified atom stereocenters. The highest BCUT2D eigenvalue weighted by Gasteiger charge is 2.40. The molecule has 1 amide bonds. The Hall–Kier alpha value is -2.05. The van der Waals surface area contributed by atoms with Crippen LogP contribution in [0, 0.1) is 0 Å². The maximum atomic E-state index is 11.9. The summed E-state index contributed by atoms with van der Waals surface area (Å²) in [4.78, 5) is 11.9. The van der Waals surface area contributed by atoms with Crippen molar-refractivity contribution < 1.29 is 18.9 Å². The largest absolute Gasteiger partial charge is 0.492 e. The van der Waals surface area contributed by atoms with E-state index in [1.807, 2.05) is 19.9 Å². The lowest BCUT2D eigenvalue weighted by Crippen LogP contribution is -2.29. The van der Waals surface area contributed by atoms with E-state index in [4.69, 9.17) is 9.07 Å². The molecule has 2 heterocycles. The van der Waals surface area contributed by atoms with Gasteiger partial charge < -0.3 is 19.4 Å². The highest BCUT2D eigenvalue weighted by molar-refractivity contribution is 6.62. The molecule has 0 fully saturated rings. The second kappa shape index (κ2) is 4.50. The van der Waals surface area contributed by atoms with E-state index in [0.29, 0.717) is 11.2 Å². The summed E-state index contributed by atoms with van der Waals surface area (Å²) in [6.45, 7) is 3.78. The number of fused-ring (bicyclic) bond motifs is 1. The van der Waals surface area contributed by atoms with Crippen molar-refractivity contribution in [3.05, 3.63) is 47.9 Å². The number of hydrogen-bond acceptors (Lipinski definition) is 4. The topological polar surface area (TPSA) is 71.7 Å². The maximum absolute atomic E-state index is 11.9. The van der Waals surface area contributed by atoms with E-state index in [-0.39, 0.29) is 11.7 Å². The first-order chi connectivity index (χ1) is 9.47. The third kappa shape index (κ3) is 2.13. The van der Waals surface area contributed by atoms with Gasteiger partial charge in [0, 0.05) is 5.69 Å². The highest BCUT2D eigenvalue weighted by Crippen LogP contribution is 2.30. The Morgan fingerprint density at radius 1 is 1.35 bits per heavy atom. The highest BCUT2D eigenvalue weighted by atomic mass is 16.5. The van der Waals surface area contributed by atoms with E-state index in [0.717, 1.165) is 5.56 Å². The molecule has 0 saturated heterocycles. The quantitative estimate of drug-likeness (QED) is 0.811. The van der Waals surface area contributed by atoms with Gasteiger partial charge >= 0.3 is 7.12 Å². The molecule has 1 aliphatic rings. The Kier molecular flexibility index (Phi) is 2.92. The Bertz CT molecular complexity index is 651. The van der Waals surface area contributed by atoms with Crippen LogP contribution in [-0.2, 0) is 10.3 Å². The van der Waals surface area contributed by atoms with Crippen molar-refractivity contribution in [1.29, 1.82) is 0 Å². The number of carbonyl (C=O) groups is 1. The number of rotatable bonds is 2. The van der Waals surface area contributed by atoms with Gasteiger partial charge in [-0.3, -0.25) is 4.79 Å². The Labute approximate surface area is 116 Å². The second-order valence-corrected chi connectivity index (χ2v) is 5.21. The molecule has 0 bridgehead atoms. The van der Waals surface area contributed by atoms with E-state index in [1.165, 1.54) is 6.26 Å². The first-order valence-corrected chi connectivity index (χ1v) is 6.32. The van der Waals surface area contributed by atoms with Crippen LogP contribution >= 0.6 is 0 Å². The Balaban J connectivity index is 1.87. The summed E-state index contributed by atoms with van der Waals surface area (Å²) < 4.78 is 10.5. The summed E-state index contributed by atoms with van der Waals surface area (Å²) in [6, 6.07) is 8.59. The molecule has 102 valence electrons. The molecule has 2 N–H and O–H groups in total. The van der Waals surface area contributed by atoms with Crippen LogP contribution < -0.4 is 10.8 Å². The van der Waals surface area contributed by atoms with E-state index in [1.54, 1.807) is 24.3 Å². The van der Waals surface area contributed by atoms with Gasteiger partial charge in [-0.25, -0.2) is 0 Å². The molecule has 0 radical (unpaired) electrons. The predicted octanol–water partition coefficient (Wildman–Crippen LogP) is 1.48. The lowest BCUT2D eigenvalue weighted by Gasteiger charge is -2.19. The monoisotopic (exact) mass is 271 g/mol. The summed E-state index contributed by atoms with van der Waals surface area (Å²) in [7, 11) is -0.972. The van der Waals surface area contributed by atoms with E-state index in [2.05, 4.69) is 5.32 Å². The van der Waals surface area contributed by atoms with Crippen molar-refractivity contribution in [1.82, 2.24) is 0 Å². The zero-order valence-electron chi connectivity index (χ0n) is 11.2. The van der Waals surface area contributed by atoms with E-state index < -0.39 is 12.7 Å². The van der Waals surface area contributed by atoms with Gasteiger partial charge in [0.15, 0.2) is 5.76 Å². The average molecular weight is 271 g/mol. The van der Waals surface area contributed by atoms with Gasteiger partial charge in [0.25, 0.3) is 5.91 Å². The molecule has 5 nitrogen and oxygen atoms in total. The van der Waals surface area contributed by atoms with Crippen molar-refractivity contribution in [3.8, 4) is 0 Å². The van der Waals surface area contributed by atoms with Crippen molar-refractivity contribution in [3.63, 3.8) is 0 Å². The number of carbonyl (C=O) groups excluding carboxylic acids is 1. The van der Waals surface area contributed by atoms with Crippen molar-refractivity contribution in [2.45, 2.75) is 19.4 Å². The fourth-order valence-corrected chi connectivity index (χ4v) is 2.40. The number of benzene rings is 1. The first-order valence-electron chi connectivity index (χ1n) is 6.32. The molecular weight excluding hydrogens is 257 g/mol. The zero-order chi connectivity index (χ0) is 14.3. The summed E-state index contributed by atoms with van der Waals surface area (Å²) in [5.74, 6) is -0.0924. The van der Waals surface area contributed by atoms with Crippen LogP contribution in [0.2, 0.25) is 0 Å². The fourth-order valence-electron chi connectivity index (χ4n) is 2.40. The Morgan fingerprint density at radius 3 is 2.85 bits per heavy atom. The first kappa shape index (κ1) is 13.0. The summed E-state index contributed by atoms with van der Waals surface area (Å²) in [5.41, 5.74) is 1.65. The van der Waals surface area contributed by atoms with Crippen LogP contribution in [0.1, 0.15) is 30.0 Å². The molecule has 20 heavy (non-hydrogen) atoms. The molecule has 0 spiro atoms. The number of amides is 1. The van der Waals surface area contributed by atoms with Crippen molar-refractivity contribution in [2.24, 2.45) is 0 Å². The maximum Gasteiger partial charge on any atom is 0.492 e. The average Bonchev–Trinajstić information content (AvgIpc) is 2.97. The smallest absolute Gasteiger partial charge is 0.459 e. The minimum absolute atomic E-state index is 0.239. The third-order valence-corrected chi connectivity index (χ3v) is 3.38. The molecule has 0 saturated carbocycles. The fraction of sp³-hybridized carbons (Fsp3) is 0.214. The molecule has 0 atom stereocenters. The third-order valence-electron chi connectivity index (χ3n) is 3.38. The molecule has 1 aromatic heterocycles. The lowest BCUT2D eigenvalue weighted by atomic mass is 9.78. The van der Waals surface area contributed by atoms with Crippen LogP contribution in [0.5, 0.6) is 0 Å². The van der Waals surface area contributed by atoms with Gasteiger partial charge in [0.05, 0.1) is 11.9 Å². The van der Waals surface area contributed by atoms with Gasteiger partial charge in [0.2, 0.25) is 0 Å². The van der Waals surface area contributed by atoms with Crippen LogP contribution in [-0.4, -0.2) is 18.0 Å². The second-order valence-electron chi connectivity index (χ2n) is 5.21. The summed E-state index contributed by atoms with van der Waals surface area (Å²) in [6.07, 6.45) is 1.44. The molecule has 0 aliphatic carbocycles. The standard InChI is InChI=1S/C14H14BNO4/c1-14(2)10-6-5-9(8-11(10)15(18)20-14)16-13(17)12-4-3-7-19-12/h3-8,18H,1-2H3,(H,16,17). The predicted molar refractivity (Wildman–Crippen MR) is 74.8 cm³/mol. The summed E-state index contributed by atoms with van der Waals surface area (Å²) >= 11 is 0. The van der Waals surface area contributed by atoms with Crippen LogP contribution in [0.15, 0.2) is 41.0 Å². The van der Waals surface area contributed by atoms with Gasteiger partial charge in [-0.1, -0.05) is 6.07 Å². The number of anilines is 1. The number of nitrogens with one attached hydrogen (secondary N) is 1. The SMILES string of the molecule is CC1(C)OB(O)c2cc(NC(=O)c3ccco3)ccc21. The van der Waals surface area contributed by atoms with E-state index in [9.17, 15) is 9.82 Å². The van der Waals surface area contributed by atoms with Gasteiger partial charge in [0.1, 0.15) is 0 Å². The molecule has 1 aromatic carbocycles. The Morgan fingerprint density at radius 2 is 2.15 bits per heavy atom. The number of furan rings is 1. The van der Waals surface area contributed by atoms with E-state index >= 15 is 0 Å². The summed E-state index contributed by atoms with van der Waals surface area (Å²) in [5, 5.41) is 12.6. The molecule has 6 heteroatoms. The van der Waals surface area contributed by atoms with Crippen molar-refractivity contribution in [2.75, 3.05) is 5.32 Å². The molecule has 3 rings (SSSR count). The number of hydrogen-bond donors (Lipinski definition) is 2. The van der Waals surface area contributed by atoms with Crippen LogP contribution in [0.25, 0.3) is 0 Å². The van der Waals surface area contributed by atoms with Gasteiger partial charge in [-0.15, -0.1) is 0 Å². The lowest BCUT2D eigenvalue weighted by molar-refractivity contribution is 0.0994.